The molecular weight excluding hydrogens is 299 g/mol. The molecule has 0 aromatic heterocycles. The monoisotopic (exact) mass is 314 g/mol. The van der Waals surface area contributed by atoms with Crippen LogP contribution in [0.5, 0.6) is 0 Å². The van der Waals surface area contributed by atoms with Crippen LogP contribution in [0, 0.1) is 5.41 Å². The molecule has 1 aliphatic rings. The zero-order valence-corrected chi connectivity index (χ0v) is 12.8. The summed E-state index contributed by atoms with van der Waals surface area (Å²) >= 11 is 11.9. The number of halogens is 2. The maximum absolute atomic E-state index is 12.8. The van der Waals surface area contributed by atoms with Crippen molar-refractivity contribution in [1.82, 2.24) is 0 Å². The second kappa shape index (κ2) is 6.15. The van der Waals surface area contributed by atoms with Gasteiger partial charge in [0.05, 0.1) is 7.11 Å². The first kappa shape index (κ1) is 15.3. The highest BCUT2D eigenvalue weighted by Crippen LogP contribution is 2.41. The van der Waals surface area contributed by atoms with Crippen LogP contribution in [0.2, 0.25) is 10.0 Å². The van der Waals surface area contributed by atoms with Crippen molar-refractivity contribution in [1.29, 1.82) is 0 Å². The van der Waals surface area contributed by atoms with Crippen molar-refractivity contribution in [3.63, 3.8) is 0 Å². The van der Waals surface area contributed by atoms with E-state index in [1.165, 1.54) is 7.11 Å². The minimum atomic E-state index is -1.08. The van der Waals surface area contributed by atoms with Crippen LogP contribution in [0.4, 0.5) is 0 Å². The summed E-state index contributed by atoms with van der Waals surface area (Å²) in [4.78, 5) is 25.0. The smallest absolute Gasteiger partial charge is 0.319 e. The minimum absolute atomic E-state index is 0.242. The zero-order chi connectivity index (χ0) is 14.8. The maximum Gasteiger partial charge on any atom is 0.319 e. The zero-order valence-electron chi connectivity index (χ0n) is 11.2. The lowest BCUT2D eigenvalue weighted by Crippen LogP contribution is -2.42. The lowest BCUT2D eigenvalue weighted by Gasteiger charge is -2.33. The molecule has 0 amide bonds. The fraction of sp³-hybridized carbons (Fsp3) is 0.467. The summed E-state index contributed by atoms with van der Waals surface area (Å²) in [5, 5.41) is 0.772. The topological polar surface area (TPSA) is 43.4 Å². The Kier molecular flexibility index (Phi) is 4.71. The van der Waals surface area contributed by atoms with E-state index in [-0.39, 0.29) is 5.78 Å². The number of methoxy groups -OCH3 is 1. The van der Waals surface area contributed by atoms with Gasteiger partial charge in [-0.1, -0.05) is 42.5 Å². The van der Waals surface area contributed by atoms with Crippen molar-refractivity contribution < 1.29 is 14.3 Å². The SMILES string of the molecule is COC(=O)C1(C(=O)c2cc(Cl)cc(Cl)c2)CCCCC1. The number of carbonyl (C=O) groups excluding carboxylic acids is 2. The summed E-state index contributed by atoms with van der Waals surface area (Å²) < 4.78 is 4.87. The van der Waals surface area contributed by atoms with E-state index in [1.54, 1.807) is 18.2 Å². The molecule has 0 unspecified atom stereocenters. The summed E-state index contributed by atoms with van der Waals surface area (Å²) in [6.45, 7) is 0. The highest BCUT2D eigenvalue weighted by molar-refractivity contribution is 6.35. The lowest BCUT2D eigenvalue weighted by atomic mass is 9.69. The molecule has 0 atom stereocenters. The molecule has 0 saturated heterocycles. The Morgan fingerprint density at radius 2 is 1.60 bits per heavy atom. The minimum Gasteiger partial charge on any atom is -0.468 e. The van der Waals surface area contributed by atoms with Gasteiger partial charge in [-0.05, 0) is 31.0 Å². The van der Waals surface area contributed by atoms with Crippen LogP contribution in [-0.4, -0.2) is 18.9 Å². The molecule has 5 heteroatoms. The molecular formula is C15H16Cl2O3. The highest BCUT2D eigenvalue weighted by atomic mass is 35.5. The van der Waals surface area contributed by atoms with Crippen LogP contribution in [0.1, 0.15) is 42.5 Å². The van der Waals surface area contributed by atoms with Gasteiger partial charge in [0, 0.05) is 15.6 Å². The molecule has 0 spiro atoms. The predicted molar refractivity (Wildman–Crippen MR) is 78.3 cm³/mol. The number of hydrogen-bond acceptors (Lipinski definition) is 3. The average Bonchev–Trinajstić information content (AvgIpc) is 2.45. The standard InChI is InChI=1S/C15H16Cl2O3/c1-20-14(19)15(5-3-2-4-6-15)13(18)10-7-11(16)9-12(17)8-10/h7-9H,2-6H2,1H3. The van der Waals surface area contributed by atoms with Crippen LogP contribution in [0.25, 0.3) is 0 Å². The third-order valence-electron chi connectivity index (χ3n) is 3.84. The van der Waals surface area contributed by atoms with Crippen molar-refractivity contribution in [2.75, 3.05) is 7.11 Å². The highest BCUT2D eigenvalue weighted by Gasteiger charge is 2.47. The van der Waals surface area contributed by atoms with Crippen LogP contribution in [0.3, 0.4) is 0 Å². The van der Waals surface area contributed by atoms with Crippen LogP contribution in [0.15, 0.2) is 18.2 Å². The van der Waals surface area contributed by atoms with E-state index in [9.17, 15) is 9.59 Å². The molecule has 2 rings (SSSR count). The first-order chi connectivity index (χ1) is 9.49. The molecule has 1 aromatic carbocycles. The molecule has 1 saturated carbocycles. The summed E-state index contributed by atoms with van der Waals surface area (Å²) in [5.41, 5.74) is -0.712. The van der Waals surface area contributed by atoms with E-state index in [2.05, 4.69) is 0 Å². The second-order valence-corrected chi connectivity index (χ2v) is 5.99. The van der Waals surface area contributed by atoms with E-state index in [1.807, 2.05) is 0 Å². The summed E-state index contributed by atoms with van der Waals surface area (Å²) in [6.07, 6.45) is 3.75. The molecule has 0 aliphatic heterocycles. The summed E-state index contributed by atoms with van der Waals surface area (Å²) in [6, 6.07) is 4.66. The van der Waals surface area contributed by atoms with Gasteiger partial charge < -0.3 is 4.74 Å². The van der Waals surface area contributed by atoms with Crippen LogP contribution < -0.4 is 0 Å². The Morgan fingerprint density at radius 1 is 1.05 bits per heavy atom. The van der Waals surface area contributed by atoms with E-state index in [4.69, 9.17) is 27.9 Å². The Balaban J connectivity index is 2.42. The number of rotatable bonds is 3. The van der Waals surface area contributed by atoms with Crippen molar-refractivity contribution in [3.05, 3.63) is 33.8 Å². The average molecular weight is 315 g/mol. The molecule has 108 valence electrons. The molecule has 0 bridgehead atoms. The number of ketones is 1. The number of carbonyl (C=O) groups is 2. The maximum atomic E-state index is 12.8. The van der Waals surface area contributed by atoms with Crippen molar-refractivity contribution in [3.8, 4) is 0 Å². The number of benzene rings is 1. The fourth-order valence-electron chi connectivity index (χ4n) is 2.84. The molecule has 0 radical (unpaired) electrons. The van der Waals surface area contributed by atoms with Gasteiger partial charge in [0.1, 0.15) is 5.41 Å². The van der Waals surface area contributed by atoms with Gasteiger partial charge >= 0.3 is 5.97 Å². The van der Waals surface area contributed by atoms with Gasteiger partial charge in [-0.25, -0.2) is 0 Å². The van der Waals surface area contributed by atoms with E-state index >= 15 is 0 Å². The fourth-order valence-corrected chi connectivity index (χ4v) is 3.36. The van der Waals surface area contributed by atoms with Gasteiger partial charge in [0.15, 0.2) is 5.78 Å². The van der Waals surface area contributed by atoms with Gasteiger partial charge in [0.25, 0.3) is 0 Å². The molecule has 0 N–H and O–H groups in total. The van der Waals surface area contributed by atoms with Crippen molar-refractivity contribution in [2.45, 2.75) is 32.1 Å². The Morgan fingerprint density at radius 3 is 2.10 bits per heavy atom. The van der Waals surface area contributed by atoms with Crippen LogP contribution >= 0.6 is 23.2 Å². The van der Waals surface area contributed by atoms with Gasteiger partial charge in [0.2, 0.25) is 0 Å². The largest absolute Gasteiger partial charge is 0.468 e. The molecule has 20 heavy (non-hydrogen) atoms. The van der Waals surface area contributed by atoms with Crippen molar-refractivity contribution >= 4 is 35.0 Å². The second-order valence-electron chi connectivity index (χ2n) is 5.12. The van der Waals surface area contributed by atoms with Gasteiger partial charge in [-0.3, -0.25) is 9.59 Å². The summed E-state index contributed by atoms with van der Waals surface area (Å²) in [5.74, 6) is -0.702. The van der Waals surface area contributed by atoms with E-state index in [0.717, 1.165) is 19.3 Å². The van der Waals surface area contributed by atoms with Gasteiger partial charge in [-0.15, -0.1) is 0 Å². The number of Topliss-reactive ketones (excluding diaryl/α,β-unsaturated/α-hetero) is 1. The lowest BCUT2D eigenvalue weighted by molar-refractivity contribution is -0.151. The quantitative estimate of drug-likeness (QED) is 0.474. The van der Waals surface area contributed by atoms with E-state index in [0.29, 0.717) is 28.5 Å². The molecule has 0 heterocycles. The Hall–Kier alpha value is -1.06. The van der Waals surface area contributed by atoms with Gasteiger partial charge in [-0.2, -0.15) is 0 Å². The molecule has 1 fully saturated rings. The van der Waals surface area contributed by atoms with E-state index < -0.39 is 11.4 Å². The predicted octanol–water partition coefficient (Wildman–Crippen LogP) is 4.30. The van der Waals surface area contributed by atoms with Crippen molar-refractivity contribution in [2.24, 2.45) is 5.41 Å². The molecule has 1 aliphatic carbocycles. The first-order valence-electron chi connectivity index (χ1n) is 6.59. The normalized spacial score (nSPS) is 17.6. The number of ether oxygens (including phenoxy) is 1. The number of esters is 1. The third-order valence-corrected chi connectivity index (χ3v) is 4.28. The Labute approximate surface area is 128 Å². The molecule has 3 nitrogen and oxygen atoms in total. The Bertz CT molecular complexity index is 514. The summed E-state index contributed by atoms with van der Waals surface area (Å²) in [7, 11) is 1.32. The number of hydrogen-bond donors (Lipinski definition) is 0. The third kappa shape index (κ3) is 2.84. The van der Waals surface area contributed by atoms with Crippen LogP contribution in [-0.2, 0) is 9.53 Å². The molecule has 1 aromatic rings. The first-order valence-corrected chi connectivity index (χ1v) is 7.34.